The van der Waals surface area contributed by atoms with Gasteiger partial charge in [-0.3, -0.25) is 10.1 Å². The molecule has 4 aromatic carbocycles. The third-order valence-corrected chi connectivity index (χ3v) is 5.50. The molecule has 0 bridgehead atoms. The summed E-state index contributed by atoms with van der Waals surface area (Å²) in [5.74, 6) is 0.0259. The van der Waals surface area contributed by atoms with Gasteiger partial charge in [-0.25, -0.2) is 9.97 Å². The Labute approximate surface area is 189 Å². The maximum Gasteiger partial charge on any atom is 0.279 e. The first-order chi connectivity index (χ1) is 16.1. The van der Waals surface area contributed by atoms with E-state index < -0.39 is 4.92 Å². The van der Waals surface area contributed by atoms with Crippen LogP contribution < -0.4 is 0 Å². The van der Waals surface area contributed by atoms with Crippen LogP contribution in [0.5, 0.6) is 0 Å². The number of nitrogens with zero attached hydrogens (tertiary/aromatic N) is 3. The van der Waals surface area contributed by atoms with Crippen LogP contribution in [0.2, 0.25) is 0 Å². The van der Waals surface area contributed by atoms with Crippen molar-refractivity contribution in [1.29, 1.82) is 0 Å². The van der Waals surface area contributed by atoms with Crippen LogP contribution in [0.1, 0.15) is 16.7 Å². The van der Waals surface area contributed by atoms with Gasteiger partial charge in [0.1, 0.15) is 11.3 Å². The molecule has 6 nitrogen and oxygen atoms in total. The first-order valence-electron chi connectivity index (χ1n) is 10.5. The summed E-state index contributed by atoms with van der Waals surface area (Å²) in [4.78, 5) is 21.1. The highest BCUT2D eigenvalue weighted by Gasteiger charge is 2.26. The molecule has 0 amide bonds. The van der Waals surface area contributed by atoms with E-state index in [9.17, 15) is 15.2 Å². The number of nitro groups is 1. The minimum absolute atomic E-state index is 0.0259. The van der Waals surface area contributed by atoms with Crippen molar-refractivity contribution in [1.82, 2.24) is 9.97 Å². The average Bonchev–Trinajstić information content (AvgIpc) is 2.84. The lowest BCUT2D eigenvalue weighted by molar-refractivity contribution is -0.385. The van der Waals surface area contributed by atoms with Gasteiger partial charge >= 0.3 is 0 Å². The van der Waals surface area contributed by atoms with Crippen LogP contribution in [-0.4, -0.2) is 20.0 Å². The van der Waals surface area contributed by atoms with Crippen LogP contribution in [0.25, 0.3) is 27.6 Å². The van der Waals surface area contributed by atoms with Crippen LogP contribution in [0.4, 0.5) is 5.69 Å². The fourth-order valence-electron chi connectivity index (χ4n) is 4.01. The lowest BCUT2D eigenvalue weighted by Gasteiger charge is -2.15. The number of hydrogen-bond acceptors (Lipinski definition) is 5. The molecule has 1 heterocycles. The number of nitro benzene ring substituents is 1. The fourth-order valence-corrected chi connectivity index (χ4v) is 4.01. The molecule has 6 heteroatoms. The van der Waals surface area contributed by atoms with E-state index in [1.807, 2.05) is 84.9 Å². The third kappa shape index (κ3) is 3.90. The van der Waals surface area contributed by atoms with Gasteiger partial charge < -0.3 is 5.11 Å². The van der Waals surface area contributed by atoms with Crippen LogP contribution in [0.15, 0.2) is 103 Å². The maximum absolute atomic E-state index is 12.1. The van der Waals surface area contributed by atoms with E-state index in [0.29, 0.717) is 33.2 Å². The van der Waals surface area contributed by atoms with Gasteiger partial charge in [0, 0.05) is 18.1 Å². The molecule has 33 heavy (non-hydrogen) atoms. The molecule has 0 aliphatic rings. The van der Waals surface area contributed by atoms with Crippen molar-refractivity contribution < 1.29 is 10.0 Å². The number of aliphatic hydroxyl groups is 1. The zero-order valence-electron chi connectivity index (χ0n) is 17.6. The van der Waals surface area contributed by atoms with E-state index in [0.717, 1.165) is 5.56 Å². The van der Waals surface area contributed by atoms with E-state index >= 15 is 0 Å². The molecular weight excluding hydrogens is 414 g/mol. The number of rotatable bonds is 5. The summed E-state index contributed by atoms with van der Waals surface area (Å²) < 4.78 is 0. The van der Waals surface area contributed by atoms with Crippen molar-refractivity contribution in [3.05, 3.63) is 130 Å². The monoisotopic (exact) mass is 433 g/mol. The second kappa shape index (κ2) is 8.51. The highest BCUT2D eigenvalue weighted by atomic mass is 16.6. The predicted octanol–water partition coefficient (Wildman–Crippen LogP) is 6.25. The predicted molar refractivity (Wildman–Crippen MR) is 129 cm³/mol. The second-order valence-electron chi connectivity index (χ2n) is 7.65. The zero-order valence-corrected chi connectivity index (χ0v) is 17.6. The summed E-state index contributed by atoms with van der Waals surface area (Å²) >= 11 is 0. The van der Waals surface area contributed by atoms with Crippen LogP contribution in [0, 0.1) is 10.1 Å². The average molecular weight is 433 g/mol. The van der Waals surface area contributed by atoms with E-state index in [4.69, 9.17) is 4.98 Å². The van der Waals surface area contributed by atoms with Crippen LogP contribution in [-0.2, 0) is 6.42 Å². The molecule has 1 aromatic heterocycles. The van der Waals surface area contributed by atoms with E-state index in [-0.39, 0.29) is 23.4 Å². The smallest absolute Gasteiger partial charge is 0.279 e. The Morgan fingerprint density at radius 3 is 2.03 bits per heavy atom. The third-order valence-electron chi connectivity index (χ3n) is 5.50. The molecule has 0 fully saturated rings. The quantitative estimate of drug-likeness (QED) is 0.153. The normalized spacial score (nSPS) is 12.0. The number of aliphatic hydroxyl groups excluding tert-OH is 1. The van der Waals surface area contributed by atoms with Gasteiger partial charge in [-0.15, -0.1) is 0 Å². The molecular formula is C27H19N3O3. The van der Waals surface area contributed by atoms with Crippen molar-refractivity contribution in [2.75, 3.05) is 0 Å². The second-order valence-corrected chi connectivity index (χ2v) is 7.65. The molecule has 5 rings (SSSR count). The summed E-state index contributed by atoms with van der Waals surface area (Å²) in [6.45, 7) is 0. The lowest BCUT2D eigenvalue weighted by Crippen LogP contribution is -2.04. The highest BCUT2D eigenvalue weighted by Crippen LogP contribution is 2.38. The zero-order chi connectivity index (χ0) is 22.8. The number of para-hydroxylation sites is 2. The summed E-state index contributed by atoms with van der Waals surface area (Å²) in [7, 11) is 0. The molecule has 0 spiro atoms. The van der Waals surface area contributed by atoms with Crippen LogP contribution in [0.3, 0.4) is 0 Å². The Kier molecular flexibility index (Phi) is 5.24. The first kappa shape index (κ1) is 20.3. The van der Waals surface area contributed by atoms with Crippen molar-refractivity contribution in [2.24, 2.45) is 0 Å². The number of allylic oxidation sites excluding steroid dienone is 1. The SMILES string of the molecule is O=[N+]([O-])c1ccc2nc3ccccc3nc2c1/C(=C(\O)Cc1ccccc1)c1ccccc1. The van der Waals surface area contributed by atoms with E-state index in [1.54, 1.807) is 6.07 Å². The molecule has 0 aliphatic carbocycles. The number of hydrogen-bond donors (Lipinski definition) is 1. The summed E-state index contributed by atoms with van der Waals surface area (Å²) in [5, 5.41) is 23.5. The summed E-state index contributed by atoms with van der Waals surface area (Å²) in [6.07, 6.45) is 0.222. The van der Waals surface area contributed by atoms with Crippen molar-refractivity contribution in [3.8, 4) is 0 Å². The van der Waals surface area contributed by atoms with Gasteiger partial charge in [0.2, 0.25) is 0 Å². The van der Waals surface area contributed by atoms with Crippen molar-refractivity contribution >= 4 is 33.3 Å². The van der Waals surface area contributed by atoms with Crippen molar-refractivity contribution in [3.63, 3.8) is 0 Å². The van der Waals surface area contributed by atoms with Crippen molar-refractivity contribution in [2.45, 2.75) is 6.42 Å². The molecule has 5 aromatic rings. The van der Waals surface area contributed by atoms with Gasteiger partial charge in [-0.1, -0.05) is 72.8 Å². The Morgan fingerprint density at radius 2 is 1.36 bits per heavy atom. The number of aromatic nitrogens is 2. The largest absolute Gasteiger partial charge is 0.511 e. The van der Waals surface area contributed by atoms with Gasteiger partial charge in [-0.2, -0.15) is 0 Å². The Bertz CT molecular complexity index is 1510. The Hall–Kier alpha value is -4.58. The molecule has 0 saturated heterocycles. The number of fused-ring (bicyclic) bond motifs is 2. The van der Waals surface area contributed by atoms with Gasteiger partial charge in [-0.05, 0) is 29.3 Å². The maximum atomic E-state index is 12.1. The molecule has 0 unspecified atom stereocenters. The Morgan fingerprint density at radius 1 is 0.758 bits per heavy atom. The number of benzene rings is 4. The van der Waals surface area contributed by atoms with Gasteiger partial charge in [0.05, 0.1) is 27.0 Å². The molecule has 1 N–H and O–H groups in total. The molecule has 0 aliphatic heterocycles. The van der Waals surface area contributed by atoms with Gasteiger partial charge in [0.15, 0.2) is 0 Å². The summed E-state index contributed by atoms with van der Waals surface area (Å²) in [5.41, 5.74) is 4.28. The fraction of sp³-hybridized carbons (Fsp3) is 0.0370. The topological polar surface area (TPSA) is 89.2 Å². The minimum Gasteiger partial charge on any atom is -0.511 e. The molecule has 0 radical (unpaired) electrons. The minimum atomic E-state index is -0.440. The van der Waals surface area contributed by atoms with E-state index in [1.165, 1.54) is 6.07 Å². The lowest BCUT2D eigenvalue weighted by atomic mass is 9.92. The van der Waals surface area contributed by atoms with E-state index in [2.05, 4.69) is 4.98 Å². The molecule has 0 atom stereocenters. The van der Waals surface area contributed by atoms with Gasteiger partial charge in [0.25, 0.3) is 5.69 Å². The molecule has 160 valence electrons. The summed E-state index contributed by atoms with van der Waals surface area (Å²) in [6, 6.07) is 29.1. The highest BCUT2D eigenvalue weighted by molar-refractivity contribution is 6.01. The molecule has 0 saturated carbocycles. The Balaban J connectivity index is 1.86. The first-order valence-corrected chi connectivity index (χ1v) is 10.5. The van der Waals surface area contributed by atoms with Crippen LogP contribution >= 0.6 is 0 Å². The standard InChI is InChI=1S/C27H19N3O3/c31-24(17-18-9-3-1-4-10-18)25(19-11-5-2-6-12-19)26-23(30(32)33)16-15-22-27(26)29-21-14-8-7-13-20(21)28-22/h1-16,31H,17H2/b25-24-.